The molecule has 1 amide bonds. The van der Waals surface area contributed by atoms with E-state index in [4.69, 9.17) is 16.6 Å². The molecule has 4 rings (SSSR count). The molecule has 1 aliphatic heterocycles. The highest BCUT2D eigenvalue weighted by molar-refractivity contribution is 8.26. The van der Waals surface area contributed by atoms with Crippen LogP contribution in [0.2, 0.25) is 0 Å². The van der Waals surface area contributed by atoms with E-state index in [1.165, 1.54) is 41.2 Å². The zero-order valence-electron chi connectivity index (χ0n) is 16.5. The van der Waals surface area contributed by atoms with Gasteiger partial charge in [0, 0.05) is 30.6 Å². The van der Waals surface area contributed by atoms with Crippen molar-refractivity contribution in [1.29, 1.82) is 0 Å². The molecule has 0 unspecified atom stereocenters. The van der Waals surface area contributed by atoms with Gasteiger partial charge in [-0.1, -0.05) is 30.1 Å². The Labute approximate surface area is 194 Å². The summed E-state index contributed by atoms with van der Waals surface area (Å²) in [5.41, 5.74) is 0.679. The van der Waals surface area contributed by atoms with E-state index in [9.17, 15) is 13.2 Å². The lowest BCUT2D eigenvalue weighted by Crippen LogP contribution is -2.27. The summed E-state index contributed by atoms with van der Waals surface area (Å²) in [6.45, 7) is 3.99. The molecule has 1 saturated heterocycles. The molecule has 32 heavy (non-hydrogen) atoms. The van der Waals surface area contributed by atoms with Crippen LogP contribution in [0.4, 0.5) is 5.95 Å². The molecule has 11 heteroatoms. The van der Waals surface area contributed by atoms with Gasteiger partial charge in [-0.15, -0.1) is 6.58 Å². The molecular weight excluding hydrogens is 468 g/mol. The number of thiocarbonyl (C=S) groups is 1. The van der Waals surface area contributed by atoms with Crippen LogP contribution in [0, 0.1) is 0 Å². The molecule has 0 atom stereocenters. The van der Waals surface area contributed by atoms with Crippen molar-refractivity contribution in [3.63, 3.8) is 0 Å². The van der Waals surface area contributed by atoms with Crippen LogP contribution >= 0.6 is 24.0 Å². The standard InChI is InChI=1S/C21H16N4O4S3/c1-2-12-25-19(26)18(31-21(25)30)13-15-6-9-17(29-15)14-4-7-16(8-5-14)32(27,28)24-20-22-10-3-11-23-20/h2-11,13H,1,12H2,(H,22,23,24)/b18-13+. The Morgan fingerprint density at radius 2 is 1.88 bits per heavy atom. The van der Waals surface area contributed by atoms with Crippen molar-refractivity contribution in [3.8, 4) is 11.3 Å². The summed E-state index contributed by atoms with van der Waals surface area (Å²) in [5, 5.41) is 0. The SMILES string of the molecule is C=CCN1C(=O)/C(=C\c2ccc(-c3ccc(S(=O)(=O)Nc4ncccn4)cc3)o2)SC1=S. The molecule has 2 aromatic heterocycles. The first-order valence-corrected chi connectivity index (χ1v) is 11.9. The topological polar surface area (TPSA) is 105 Å². The van der Waals surface area contributed by atoms with Gasteiger partial charge in [0.1, 0.15) is 15.8 Å². The lowest BCUT2D eigenvalue weighted by Gasteiger charge is -2.10. The summed E-state index contributed by atoms with van der Waals surface area (Å²) in [7, 11) is -3.82. The van der Waals surface area contributed by atoms with Gasteiger partial charge in [0.2, 0.25) is 5.95 Å². The minimum absolute atomic E-state index is 0.00856. The van der Waals surface area contributed by atoms with E-state index in [0.717, 1.165) is 0 Å². The van der Waals surface area contributed by atoms with Gasteiger partial charge in [0.05, 0.1) is 9.80 Å². The Kier molecular flexibility index (Phi) is 6.21. The second-order valence-corrected chi connectivity index (χ2v) is 9.84. The van der Waals surface area contributed by atoms with E-state index in [0.29, 0.717) is 32.9 Å². The predicted octanol–water partition coefficient (Wildman–Crippen LogP) is 3.92. The van der Waals surface area contributed by atoms with Crippen molar-refractivity contribution in [1.82, 2.24) is 14.9 Å². The van der Waals surface area contributed by atoms with E-state index < -0.39 is 10.0 Å². The molecule has 1 aliphatic rings. The van der Waals surface area contributed by atoms with Gasteiger partial charge in [-0.2, -0.15) is 0 Å². The summed E-state index contributed by atoms with van der Waals surface area (Å²) in [6, 6.07) is 11.3. The smallest absolute Gasteiger partial charge is 0.266 e. The number of aromatic nitrogens is 2. The molecule has 1 fully saturated rings. The van der Waals surface area contributed by atoms with Crippen LogP contribution in [0.3, 0.4) is 0 Å². The monoisotopic (exact) mass is 484 g/mol. The van der Waals surface area contributed by atoms with Gasteiger partial charge in [-0.3, -0.25) is 9.69 Å². The molecule has 0 spiro atoms. The lowest BCUT2D eigenvalue weighted by molar-refractivity contribution is -0.121. The number of nitrogens with one attached hydrogen (secondary N) is 1. The zero-order chi connectivity index (χ0) is 22.7. The second kappa shape index (κ2) is 9.07. The van der Waals surface area contributed by atoms with Crippen LogP contribution in [-0.2, 0) is 14.8 Å². The van der Waals surface area contributed by atoms with Gasteiger partial charge in [0.25, 0.3) is 15.9 Å². The molecule has 0 saturated carbocycles. The van der Waals surface area contributed by atoms with Crippen LogP contribution in [-0.4, -0.2) is 40.1 Å². The molecule has 0 bridgehead atoms. The lowest BCUT2D eigenvalue weighted by atomic mass is 10.2. The molecule has 3 aromatic rings. The van der Waals surface area contributed by atoms with Gasteiger partial charge < -0.3 is 4.42 Å². The highest BCUT2D eigenvalue weighted by Gasteiger charge is 2.31. The van der Waals surface area contributed by atoms with Crippen molar-refractivity contribution < 1.29 is 17.6 Å². The summed E-state index contributed by atoms with van der Waals surface area (Å²) in [4.78, 5) is 22.2. The van der Waals surface area contributed by atoms with Crippen molar-refractivity contribution in [2.75, 3.05) is 11.3 Å². The van der Waals surface area contributed by atoms with E-state index >= 15 is 0 Å². The molecular formula is C21H16N4O4S3. The highest BCUT2D eigenvalue weighted by atomic mass is 32.2. The normalized spacial score (nSPS) is 15.4. The van der Waals surface area contributed by atoms with Crippen LogP contribution in [0.1, 0.15) is 5.76 Å². The Hall–Kier alpha value is -3.28. The number of anilines is 1. The average Bonchev–Trinajstić information content (AvgIpc) is 3.35. The fourth-order valence-corrected chi connectivity index (χ4v) is 5.04. The Morgan fingerprint density at radius 1 is 1.16 bits per heavy atom. The number of carbonyl (C=O) groups is 1. The number of sulfonamides is 1. The molecule has 1 aromatic carbocycles. The number of benzene rings is 1. The number of thioether (sulfide) groups is 1. The van der Waals surface area contributed by atoms with Crippen molar-refractivity contribution in [2.24, 2.45) is 0 Å². The van der Waals surface area contributed by atoms with Gasteiger partial charge in [-0.05, 0) is 42.5 Å². The Bertz CT molecular complexity index is 1320. The number of hydrogen-bond donors (Lipinski definition) is 1. The summed E-state index contributed by atoms with van der Waals surface area (Å²) in [6.07, 6.45) is 6.14. The molecule has 8 nitrogen and oxygen atoms in total. The summed E-state index contributed by atoms with van der Waals surface area (Å²) >= 11 is 6.43. The third-order valence-corrected chi connectivity index (χ3v) is 7.05. The summed E-state index contributed by atoms with van der Waals surface area (Å²) in [5.74, 6) is 0.813. The Morgan fingerprint density at radius 3 is 2.56 bits per heavy atom. The third-order valence-electron chi connectivity index (χ3n) is 4.33. The predicted molar refractivity (Wildman–Crippen MR) is 127 cm³/mol. The van der Waals surface area contributed by atoms with Gasteiger partial charge in [0.15, 0.2) is 0 Å². The van der Waals surface area contributed by atoms with Crippen molar-refractivity contribution in [3.05, 3.63) is 78.2 Å². The van der Waals surface area contributed by atoms with Gasteiger partial charge in [-0.25, -0.2) is 23.1 Å². The molecule has 3 heterocycles. The first kappa shape index (κ1) is 21.9. The van der Waals surface area contributed by atoms with E-state index in [-0.39, 0.29) is 16.8 Å². The van der Waals surface area contributed by atoms with Crippen molar-refractivity contribution >= 4 is 56.3 Å². The number of rotatable bonds is 7. The maximum Gasteiger partial charge on any atom is 0.266 e. The fraction of sp³-hybridized carbons (Fsp3) is 0.0476. The first-order chi connectivity index (χ1) is 15.4. The van der Waals surface area contributed by atoms with Crippen LogP contribution < -0.4 is 4.72 Å². The van der Waals surface area contributed by atoms with Crippen LogP contribution in [0.25, 0.3) is 17.4 Å². The Balaban J connectivity index is 1.51. The number of furan rings is 1. The largest absolute Gasteiger partial charge is 0.457 e. The average molecular weight is 485 g/mol. The van der Waals surface area contributed by atoms with Crippen LogP contribution in [0.15, 0.2) is 81.7 Å². The molecule has 0 aliphatic carbocycles. The number of hydrogen-bond acceptors (Lipinski definition) is 8. The maximum atomic E-state index is 12.5. The van der Waals surface area contributed by atoms with E-state index in [1.807, 2.05) is 0 Å². The number of nitrogens with zero attached hydrogens (tertiary/aromatic N) is 3. The van der Waals surface area contributed by atoms with Crippen molar-refractivity contribution in [2.45, 2.75) is 4.90 Å². The van der Waals surface area contributed by atoms with E-state index in [2.05, 4.69) is 21.3 Å². The zero-order valence-corrected chi connectivity index (χ0v) is 18.9. The quantitative estimate of drug-likeness (QED) is 0.306. The highest BCUT2D eigenvalue weighted by Crippen LogP contribution is 2.33. The maximum absolute atomic E-state index is 12.5. The van der Waals surface area contributed by atoms with Gasteiger partial charge >= 0.3 is 0 Å². The fourth-order valence-electron chi connectivity index (χ4n) is 2.83. The molecule has 162 valence electrons. The molecule has 1 N–H and O–H groups in total. The summed E-state index contributed by atoms with van der Waals surface area (Å²) < 4.78 is 33.6. The number of carbonyl (C=O) groups excluding carboxylic acids is 1. The first-order valence-electron chi connectivity index (χ1n) is 9.24. The number of amides is 1. The third kappa shape index (κ3) is 4.64. The second-order valence-electron chi connectivity index (χ2n) is 6.49. The minimum Gasteiger partial charge on any atom is -0.457 e. The van der Waals surface area contributed by atoms with E-state index in [1.54, 1.807) is 42.5 Å². The van der Waals surface area contributed by atoms with Crippen LogP contribution in [0.5, 0.6) is 0 Å². The minimum atomic E-state index is -3.82. The molecule has 0 radical (unpaired) electrons.